The molecule has 0 aliphatic heterocycles. The Labute approximate surface area is 143 Å². The largest absolute Gasteiger partial charge is 0.463 e. The van der Waals surface area contributed by atoms with Crippen LogP contribution in [-0.2, 0) is 9.53 Å². The second kappa shape index (κ2) is 13.1. The van der Waals surface area contributed by atoms with Crippen molar-refractivity contribution < 1.29 is 9.53 Å². The summed E-state index contributed by atoms with van der Waals surface area (Å²) < 4.78 is 5.19. The number of alkyl halides is 2. The molecule has 0 saturated carbocycles. The van der Waals surface area contributed by atoms with Gasteiger partial charge < -0.3 is 4.74 Å². The smallest absolute Gasteiger partial charge is 0.330 e. The van der Waals surface area contributed by atoms with E-state index in [2.05, 4.69) is 38.4 Å². The van der Waals surface area contributed by atoms with E-state index < -0.39 is 0 Å². The second-order valence-corrected chi connectivity index (χ2v) is 14.6. The summed E-state index contributed by atoms with van der Waals surface area (Å²) in [5.41, 5.74) is 0. The Balaban J connectivity index is 3.10. The highest BCUT2D eigenvalue weighted by Gasteiger charge is 2.13. The molecule has 5 heteroatoms. The normalized spacial score (nSPS) is 11.5. The first-order valence-corrected chi connectivity index (χ1v) is 10.2. The van der Waals surface area contributed by atoms with E-state index in [0.29, 0.717) is 6.61 Å². The first-order chi connectivity index (χ1) is 9.45. The van der Waals surface area contributed by atoms with Crippen molar-refractivity contribution in [2.24, 2.45) is 0 Å². The van der Waals surface area contributed by atoms with Crippen LogP contribution in [0.4, 0.5) is 0 Å². The summed E-state index contributed by atoms with van der Waals surface area (Å²) in [7, 11) is 1.14. The van der Waals surface area contributed by atoms with E-state index >= 15 is 0 Å². The van der Waals surface area contributed by atoms with Crippen molar-refractivity contribution in [1.29, 1.82) is 0 Å². The van der Waals surface area contributed by atoms with Gasteiger partial charge in [0.25, 0.3) is 0 Å². The van der Waals surface area contributed by atoms with Crippen molar-refractivity contribution in [3.05, 3.63) is 12.7 Å². The van der Waals surface area contributed by atoms with E-state index in [-0.39, 0.29) is 8.83 Å². The van der Waals surface area contributed by atoms with Crippen molar-refractivity contribution in [3.8, 4) is 0 Å². The lowest BCUT2D eigenvalue weighted by Gasteiger charge is -2.13. The highest BCUT2D eigenvalue weighted by molar-refractivity contribution is 9.26. The molecule has 0 atom stereocenters. The lowest BCUT2D eigenvalue weighted by molar-refractivity contribution is -0.137. The van der Waals surface area contributed by atoms with Crippen molar-refractivity contribution in [1.82, 2.24) is 0 Å². The van der Waals surface area contributed by atoms with Gasteiger partial charge in [0.2, 0.25) is 0 Å². The van der Waals surface area contributed by atoms with Gasteiger partial charge in [0, 0.05) is 16.3 Å². The van der Waals surface area contributed by atoms with E-state index in [1.54, 1.807) is 0 Å². The molecule has 0 saturated heterocycles. The number of rotatable bonds is 13. The average molecular weight is 428 g/mol. The summed E-state index contributed by atoms with van der Waals surface area (Å²) >= 11 is 7.32. The molecule has 0 bridgehead atoms. The van der Waals surface area contributed by atoms with Gasteiger partial charge in [0.05, 0.1) is 9.46 Å². The van der Waals surface area contributed by atoms with E-state index in [0.717, 1.165) is 23.1 Å². The van der Waals surface area contributed by atoms with Crippen LogP contribution in [0.3, 0.4) is 0 Å². The Hall–Kier alpha value is 0.387. The van der Waals surface area contributed by atoms with Crippen molar-refractivity contribution in [3.63, 3.8) is 0 Å². The molecule has 0 aliphatic rings. The van der Waals surface area contributed by atoms with Gasteiger partial charge in [-0.3, -0.25) is 0 Å². The van der Waals surface area contributed by atoms with Crippen LogP contribution in [0.5, 0.6) is 0 Å². The van der Waals surface area contributed by atoms with Gasteiger partial charge in [-0.1, -0.05) is 89.8 Å². The standard InChI is InChI=1S/C15H28Br2O2Si/c1-2-14(18)19-13-11-9-7-5-3-4-6-8-10-12-15(16,17)20/h2H,1,3-13H2,20H3. The molecule has 0 radical (unpaired) electrons. The highest BCUT2D eigenvalue weighted by Crippen LogP contribution is 2.28. The molecule has 0 amide bonds. The zero-order valence-corrected chi connectivity index (χ0v) is 17.8. The number of esters is 1. The third-order valence-corrected chi connectivity index (χ3v) is 4.46. The van der Waals surface area contributed by atoms with E-state index in [1.807, 2.05) is 0 Å². The third kappa shape index (κ3) is 16.4. The zero-order valence-electron chi connectivity index (χ0n) is 12.6. The van der Waals surface area contributed by atoms with Gasteiger partial charge >= 0.3 is 5.97 Å². The molecule has 0 unspecified atom stereocenters. The molecule has 0 heterocycles. The Morgan fingerprint density at radius 3 is 1.90 bits per heavy atom. The lowest BCUT2D eigenvalue weighted by Crippen LogP contribution is -2.09. The molecule has 0 aromatic carbocycles. The number of unbranched alkanes of at least 4 members (excludes halogenated alkanes) is 8. The number of carbonyl (C=O) groups excluding carboxylic acids is 1. The number of hydrogen-bond acceptors (Lipinski definition) is 2. The fourth-order valence-electron chi connectivity index (χ4n) is 2.01. The topological polar surface area (TPSA) is 26.3 Å². The van der Waals surface area contributed by atoms with Crippen LogP contribution < -0.4 is 0 Å². The van der Waals surface area contributed by atoms with Crippen LogP contribution in [0.25, 0.3) is 0 Å². The maximum Gasteiger partial charge on any atom is 0.330 e. The maximum atomic E-state index is 10.8. The molecule has 0 aliphatic carbocycles. The number of hydrogen-bond donors (Lipinski definition) is 0. The van der Waals surface area contributed by atoms with Gasteiger partial charge in [-0.05, 0) is 12.8 Å². The van der Waals surface area contributed by atoms with Crippen molar-refractivity contribution in [2.45, 2.75) is 67.1 Å². The second-order valence-electron chi connectivity index (χ2n) is 5.37. The summed E-state index contributed by atoms with van der Waals surface area (Å²) in [4.78, 5) is 10.8. The predicted molar refractivity (Wildman–Crippen MR) is 97.9 cm³/mol. The molecular formula is C15H28Br2O2Si. The fourth-order valence-corrected chi connectivity index (χ4v) is 2.92. The number of carbonyl (C=O) groups is 1. The molecule has 0 aromatic heterocycles. The minimum absolute atomic E-state index is 0.259. The van der Waals surface area contributed by atoms with Gasteiger partial charge in [-0.25, -0.2) is 4.79 Å². The van der Waals surface area contributed by atoms with E-state index in [4.69, 9.17) is 4.74 Å². The molecule has 20 heavy (non-hydrogen) atoms. The Bertz CT molecular complexity index is 265. The average Bonchev–Trinajstić information content (AvgIpc) is 2.38. The minimum atomic E-state index is -0.310. The molecule has 0 N–H and O–H groups in total. The molecule has 0 fully saturated rings. The first-order valence-electron chi connectivity index (χ1n) is 7.63. The summed E-state index contributed by atoms with van der Waals surface area (Å²) in [6.07, 6.45) is 13.8. The highest BCUT2D eigenvalue weighted by atomic mass is 79.9. The fraction of sp³-hybridized carbons (Fsp3) is 0.800. The summed E-state index contributed by atoms with van der Waals surface area (Å²) in [5.74, 6) is -0.310. The maximum absolute atomic E-state index is 10.8. The van der Waals surface area contributed by atoms with Gasteiger partial charge in [0.1, 0.15) is 0 Å². The molecule has 0 spiro atoms. The molecule has 2 nitrogen and oxygen atoms in total. The molecule has 0 rings (SSSR count). The van der Waals surface area contributed by atoms with Gasteiger partial charge in [0.15, 0.2) is 0 Å². The lowest BCUT2D eigenvalue weighted by atomic mass is 10.1. The summed E-state index contributed by atoms with van der Waals surface area (Å²) in [6.45, 7) is 3.90. The molecular weight excluding hydrogens is 400 g/mol. The van der Waals surface area contributed by atoms with Crippen LogP contribution >= 0.6 is 31.9 Å². The number of ether oxygens (including phenoxy) is 1. The summed E-state index contributed by atoms with van der Waals surface area (Å²) in [6, 6.07) is 0. The van der Waals surface area contributed by atoms with Crippen molar-refractivity contribution >= 4 is 48.1 Å². The van der Waals surface area contributed by atoms with Gasteiger partial charge in [-0.15, -0.1) is 0 Å². The van der Waals surface area contributed by atoms with E-state index in [9.17, 15) is 4.79 Å². The van der Waals surface area contributed by atoms with Crippen LogP contribution in [-0.4, -0.2) is 25.7 Å². The number of halogens is 2. The monoisotopic (exact) mass is 426 g/mol. The van der Waals surface area contributed by atoms with Crippen LogP contribution in [0, 0.1) is 0 Å². The van der Waals surface area contributed by atoms with Crippen LogP contribution in [0.15, 0.2) is 12.7 Å². The molecule has 118 valence electrons. The van der Waals surface area contributed by atoms with Gasteiger partial charge in [-0.2, -0.15) is 0 Å². The molecule has 0 aromatic rings. The Morgan fingerprint density at radius 1 is 1.00 bits per heavy atom. The van der Waals surface area contributed by atoms with Crippen LogP contribution in [0.1, 0.15) is 64.2 Å². The Morgan fingerprint density at radius 2 is 1.45 bits per heavy atom. The van der Waals surface area contributed by atoms with E-state index in [1.165, 1.54) is 57.4 Å². The minimum Gasteiger partial charge on any atom is -0.463 e. The quantitative estimate of drug-likeness (QED) is 0.143. The first kappa shape index (κ1) is 20.4. The van der Waals surface area contributed by atoms with Crippen LogP contribution in [0.2, 0.25) is 0 Å². The zero-order chi connectivity index (χ0) is 15.3. The third-order valence-electron chi connectivity index (χ3n) is 3.17. The Kier molecular flexibility index (Phi) is 13.3. The van der Waals surface area contributed by atoms with Crippen molar-refractivity contribution in [2.75, 3.05) is 6.61 Å². The summed E-state index contributed by atoms with van der Waals surface area (Å²) in [5, 5.41) is 0. The predicted octanol–water partition coefficient (Wildman–Crippen LogP) is 4.43. The SMILES string of the molecule is C=CC(=O)OCCCCCCCCCCCC([SiH3])(Br)Br.